The third-order valence-electron chi connectivity index (χ3n) is 30.6. The van der Waals surface area contributed by atoms with Crippen LogP contribution in [0, 0.1) is 34.6 Å². The van der Waals surface area contributed by atoms with E-state index < -0.39 is 0 Å². The number of aromatic nitrogens is 5. The Morgan fingerprint density at radius 2 is 0.696 bits per heavy atom. The Bertz CT molecular complexity index is 8010. The number of pyridine rings is 5. The first kappa shape index (κ1) is 83.4. The van der Waals surface area contributed by atoms with Crippen molar-refractivity contribution < 1.29 is 22.1 Å². The molecule has 0 radical (unpaired) electrons. The third kappa shape index (κ3) is 13.6. The summed E-state index contributed by atoms with van der Waals surface area (Å²) in [7, 11) is 4.34. The first-order valence-corrected chi connectivity index (χ1v) is 47.9. The number of hydrogen-bond acceptors (Lipinski definition) is 20. The minimum Gasteiger partial charge on any atom is -0.436 e. The first-order valence-electron chi connectivity index (χ1n) is 47.9. The van der Waals surface area contributed by atoms with Gasteiger partial charge in [-0.2, -0.15) is 0 Å². The standard InChI is InChI=1S/C27H23N3O.2C23H21N3O.C23H23N3O.C19H21N3O/c1-17-14-15-21-22-11-8-16-28-27(22)31-26(21)25(17)30-18(2)29(3)23-12-6-4-9-19(23)20-10-5-7-13-24(20)30;1-14-9-10-18-19-7-5-11-24-23(19)27-22(18)21(14)26-15(2)25-13-17(26)12-16-6-3-4-8-20(16)25;1-14-9-10-18-19-8-5-11-24-23(19)27-22(18)21(14)26-15(2)25-12-16-6-3-4-7-17(16)20(26)13-25;1-15-10-11-18-19-8-6-13-24-23(19)27-22(18)21(15)26-14-12-17-7-4-5-9-20(17)25(3)16(26)2;1-12-7-8-15-16-6-3-9-20-19(16)23-18(15)17(12)22-13(2)21-10-4-5-14(22)11-21/h4-16,18H,1-3H3;3-11,15,17H,12-13H2,1-2H3;3-11,15,20H,12-13H2,1-2H3;4-11,13,16H,12,14H2,1-3H3;3,6-9,13-14H,4-5,10-11H2,1-2H3/t18-;15-,17?;15-,20?;16-;13-,14?/m00000/s1. The molecule has 20 nitrogen and oxygen atoms in total. The number of benzene rings is 10. The molecule has 4 fully saturated rings. The van der Waals surface area contributed by atoms with Gasteiger partial charge in [-0.25, -0.2) is 24.9 Å². The molecule has 135 heavy (non-hydrogen) atoms. The molecular weight excluding hydrogens is 1670 g/mol. The summed E-state index contributed by atoms with van der Waals surface area (Å²) in [6, 6.07) is 87.3. The van der Waals surface area contributed by atoms with Crippen molar-refractivity contribution in [2.45, 2.75) is 150 Å². The molecule has 20 heteroatoms. The van der Waals surface area contributed by atoms with Crippen molar-refractivity contribution in [2.75, 3.05) is 86.0 Å². The first-order chi connectivity index (χ1) is 66.0. The van der Waals surface area contributed by atoms with Crippen LogP contribution >= 0.6 is 0 Å². The molecule has 18 heterocycles. The van der Waals surface area contributed by atoms with E-state index in [1.54, 1.807) is 31.0 Å². The number of hydrogen-bond donors (Lipinski definition) is 0. The Hall–Kier alpha value is -14.7. The van der Waals surface area contributed by atoms with Crippen molar-refractivity contribution in [1.82, 2.24) is 34.7 Å². The Morgan fingerprint density at radius 1 is 0.296 bits per heavy atom. The smallest absolute Gasteiger partial charge is 0.227 e. The van der Waals surface area contributed by atoms with Gasteiger partial charge in [0.25, 0.3) is 0 Å². The fourth-order valence-electron chi connectivity index (χ4n) is 23.7. The molecule has 0 spiro atoms. The highest BCUT2D eigenvalue weighted by atomic mass is 16.4. The Kier molecular flexibility index (Phi) is 20.5. The lowest BCUT2D eigenvalue weighted by Gasteiger charge is -2.37. The van der Waals surface area contributed by atoms with Crippen LogP contribution in [0.25, 0.3) is 121 Å². The molecule has 6 bridgehead atoms. The van der Waals surface area contributed by atoms with Crippen LogP contribution in [0.5, 0.6) is 0 Å². The zero-order valence-electron chi connectivity index (χ0n) is 78.4. The summed E-state index contributed by atoms with van der Waals surface area (Å²) >= 11 is 0. The van der Waals surface area contributed by atoms with Gasteiger partial charge in [-0.15, -0.1) is 0 Å². The van der Waals surface area contributed by atoms with Crippen LogP contribution in [0.1, 0.15) is 104 Å². The highest BCUT2D eigenvalue weighted by molar-refractivity contribution is 6.14. The molecule has 8 aliphatic heterocycles. The molecule has 4 saturated heterocycles. The van der Waals surface area contributed by atoms with Crippen LogP contribution in [0.2, 0.25) is 0 Å². The summed E-state index contributed by atoms with van der Waals surface area (Å²) in [6.45, 7) is 28.8. The number of nitrogens with zero attached hydrogens (tertiary/aromatic N) is 15. The van der Waals surface area contributed by atoms with Gasteiger partial charge in [0.15, 0.2) is 27.9 Å². The summed E-state index contributed by atoms with van der Waals surface area (Å²) in [5, 5.41) is 11.1. The molecule has 0 N–H and O–H groups in total. The average Bonchev–Trinajstić information content (AvgIpc) is 1.58. The minimum absolute atomic E-state index is 0.0790. The number of fused-ring (bicyclic) bond motifs is 29. The van der Waals surface area contributed by atoms with E-state index in [9.17, 15) is 0 Å². The molecule has 0 saturated carbocycles. The molecule has 20 aromatic rings. The zero-order valence-corrected chi connectivity index (χ0v) is 78.4. The highest BCUT2D eigenvalue weighted by Crippen LogP contribution is 2.53. The van der Waals surface area contributed by atoms with Gasteiger partial charge in [0.1, 0.15) is 6.17 Å². The van der Waals surface area contributed by atoms with E-state index >= 15 is 0 Å². The second kappa shape index (κ2) is 33.2. The predicted molar refractivity (Wildman–Crippen MR) is 550 cm³/mol. The maximum atomic E-state index is 6.36. The van der Waals surface area contributed by atoms with Gasteiger partial charge in [-0.3, -0.25) is 9.80 Å². The maximum absolute atomic E-state index is 6.36. The number of aryl methyl sites for hydroxylation is 5. The van der Waals surface area contributed by atoms with Gasteiger partial charge in [0.05, 0.1) is 70.9 Å². The van der Waals surface area contributed by atoms with Crippen LogP contribution < -0.4 is 39.2 Å². The zero-order chi connectivity index (χ0) is 91.4. The van der Waals surface area contributed by atoms with Gasteiger partial charge in [-0.05, 0) is 230 Å². The van der Waals surface area contributed by atoms with Gasteiger partial charge in [0, 0.05) is 172 Å². The van der Waals surface area contributed by atoms with Crippen LogP contribution in [0.3, 0.4) is 0 Å². The Morgan fingerprint density at radius 3 is 1.21 bits per heavy atom. The fourth-order valence-corrected chi connectivity index (χ4v) is 23.7. The van der Waals surface area contributed by atoms with E-state index in [1.165, 1.54) is 138 Å². The molecule has 8 aliphatic rings. The molecule has 674 valence electrons. The summed E-state index contributed by atoms with van der Waals surface area (Å²) in [5.41, 5.74) is 33.8. The van der Waals surface area contributed by atoms with Crippen molar-refractivity contribution in [2.24, 2.45) is 0 Å². The SMILES string of the molecule is Cc1ccc2c(oc3ncccc32)c1N1C2CCCN(C2)[C@@H]1C.Cc1ccc2c(oc3ncccc32)c1N1C2CN(Cc3ccccc32)[C@@H]1C.Cc1ccc2c(oc3ncccc32)c1N1C2Cc3ccccc3N(C2)[C@@H]1C.Cc1ccc2c(oc3ncccc32)c1N1CCc2ccccc2N(C)[C@@H]1C.Cc1ccc2c(oc3ncccc32)c1N1c2ccccc2-c2ccccc2N(C)[C@@H]1C. The van der Waals surface area contributed by atoms with E-state index in [2.05, 4.69) is 370 Å². The van der Waals surface area contributed by atoms with Crippen LogP contribution in [-0.2, 0) is 19.4 Å². The number of rotatable bonds is 5. The molecule has 28 rings (SSSR count). The van der Waals surface area contributed by atoms with Gasteiger partial charge in [0.2, 0.25) is 28.6 Å². The topological polar surface area (TPSA) is 163 Å². The second-order valence-corrected chi connectivity index (χ2v) is 38.0. The molecule has 10 aromatic heterocycles. The van der Waals surface area contributed by atoms with E-state index in [-0.39, 0.29) is 12.3 Å². The van der Waals surface area contributed by atoms with Crippen molar-refractivity contribution in [3.63, 3.8) is 0 Å². The van der Waals surface area contributed by atoms with Gasteiger partial charge in [-0.1, -0.05) is 158 Å². The van der Waals surface area contributed by atoms with Gasteiger partial charge >= 0.3 is 0 Å². The van der Waals surface area contributed by atoms with Gasteiger partial charge < -0.3 is 61.3 Å². The lowest BCUT2D eigenvalue weighted by molar-refractivity contribution is 0.244. The largest absolute Gasteiger partial charge is 0.436 e. The number of para-hydroxylation sites is 4. The molecule has 0 amide bonds. The lowest BCUT2D eigenvalue weighted by Crippen LogP contribution is -2.44. The predicted octanol–water partition coefficient (Wildman–Crippen LogP) is 25.8. The molecule has 5 unspecified atom stereocenters. The third-order valence-corrected chi connectivity index (χ3v) is 30.6. The van der Waals surface area contributed by atoms with E-state index in [4.69, 9.17) is 22.1 Å². The summed E-state index contributed by atoms with van der Waals surface area (Å²) in [5.74, 6) is 0. The number of anilines is 9. The quantitative estimate of drug-likeness (QED) is 0.160. The Balaban J connectivity index is 0.0000000927. The second-order valence-electron chi connectivity index (χ2n) is 38.0. The molecule has 10 aromatic carbocycles. The highest BCUT2D eigenvalue weighted by Gasteiger charge is 2.47. The van der Waals surface area contributed by atoms with E-state index in [1.807, 2.05) is 30.3 Å². The maximum Gasteiger partial charge on any atom is 0.227 e. The average molecular weight is 1780 g/mol. The summed E-state index contributed by atoms with van der Waals surface area (Å²) in [4.78, 5) is 47.2. The normalized spacial score (nSPS) is 20.8. The Labute approximate surface area is 784 Å². The lowest BCUT2D eigenvalue weighted by atomic mass is 9.96. The van der Waals surface area contributed by atoms with Crippen LogP contribution in [-0.4, -0.2) is 124 Å². The van der Waals surface area contributed by atoms with E-state index in [0.717, 1.165) is 138 Å². The molecule has 0 aliphatic carbocycles. The van der Waals surface area contributed by atoms with Crippen molar-refractivity contribution in [1.29, 1.82) is 0 Å². The van der Waals surface area contributed by atoms with Crippen molar-refractivity contribution in [3.8, 4) is 11.1 Å². The van der Waals surface area contributed by atoms with Crippen LogP contribution in [0.4, 0.5) is 51.2 Å². The number of furan rings is 5. The van der Waals surface area contributed by atoms with E-state index in [0.29, 0.717) is 48.0 Å². The monoisotopic (exact) mass is 1780 g/mol. The number of piperidine rings is 1. The molecular formula is C115H109N15O5. The summed E-state index contributed by atoms with van der Waals surface area (Å²) < 4.78 is 31.4. The molecule has 10 atom stereocenters. The summed E-state index contributed by atoms with van der Waals surface area (Å²) in [6.07, 6.45) is 15.0. The van der Waals surface area contributed by atoms with Crippen molar-refractivity contribution in [3.05, 3.63) is 324 Å². The van der Waals surface area contributed by atoms with Crippen LogP contribution in [0.15, 0.2) is 296 Å². The minimum atomic E-state index is 0.0790. The van der Waals surface area contributed by atoms with Crippen molar-refractivity contribution >= 4 is 162 Å². The fraction of sp³-hybridized carbons (Fsp3) is 0.261.